The third-order valence-corrected chi connectivity index (χ3v) is 4.02. The zero-order valence-corrected chi connectivity index (χ0v) is 13.9. The van der Waals surface area contributed by atoms with Gasteiger partial charge in [0.25, 0.3) is 0 Å². The molecule has 2 nitrogen and oxygen atoms in total. The van der Waals surface area contributed by atoms with Gasteiger partial charge in [-0.15, -0.1) is 0 Å². The van der Waals surface area contributed by atoms with Crippen LogP contribution in [0.2, 0.25) is 0 Å². The molecule has 0 radical (unpaired) electrons. The van der Waals surface area contributed by atoms with Crippen molar-refractivity contribution in [2.24, 2.45) is 11.8 Å². The summed E-state index contributed by atoms with van der Waals surface area (Å²) in [7, 11) is 0. The van der Waals surface area contributed by atoms with E-state index in [1.165, 1.54) is 6.42 Å². The predicted octanol–water partition coefficient (Wildman–Crippen LogP) is 4.88. The molecule has 0 aromatic rings. The second kappa shape index (κ2) is 11.3. The standard InChI is InChI=1S/C17H35NO/c1-6-10-16(11-7-2)17(19)18(13-8-3)14-12-15(5)9-4/h15-16H,6-14H2,1-5H3. The summed E-state index contributed by atoms with van der Waals surface area (Å²) in [5.41, 5.74) is 0. The molecule has 1 atom stereocenters. The van der Waals surface area contributed by atoms with Gasteiger partial charge in [-0.05, 0) is 31.6 Å². The van der Waals surface area contributed by atoms with Gasteiger partial charge in [0.2, 0.25) is 5.91 Å². The zero-order valence-electron chi connectivity index (χ0n) is 13.9. The molecule has 0 aliphatic heterocycles. The van der Waals surface area contributed by atoms with Crippen molar-refractivity contribution in [1.29, 1.82) is 0 Å². The lowest BCUT2D eigenvalue weighted by atomic mass is 9.96. The van der Waals surface area contributed by atoms with Crippen LogP contribution in [-0.4, -0.2) is 23.9 Å². The SMILES string of the molecule is CCCC(CCC)C(=O)N(CCC)CCC(C)CC. The summed E-state index contributed by atoms with van der Waals surface area (Å²) in [6.07, 6.45) is 7.75. The Morgan fingerprint density at radius 3 is 1.89 bits per heavy atom. The summed E-state index contributed by atoms with van der Waals surface area (Å²) in [5, 5.41) is 0. The molecule has 2 heteroatoms. The van der Waals surface area contributed by atoms with Crippen LogP contribution in [0.3, 0.4) is 0 Å². The average Bonchev–Trinajstić information content (AvgIpc) is 2.42. The quantitative estimate of drug-likeness (QED) is 0.523. The van der Waals surface area contributed by atoms with Crippen molar-refractivity contribution in [3.05, 3.63) is 0 Å². The molecular formula is C17H35NO. The van der Waals surface area contributed by atoms with Crippen LogP contribution in [0.4, 0.5) is 0 Å². The molecule has 114 valence electrons. The average molecular weight is 269 g/mol. The monoisotopic (exact) mass is 269 g/mol. The van der Waals surface area contributed by atoms with Gasteiger partial charge in [0.1, 0.15) is 0 Å². The van der Waals surface area contributed by atoms with Crippen LogP contribution in [0.25, 0.3) is 0 Å². The fourth-order valence-corrected chi connectivity index (χ4v) is 2.53. The minimum Gasteiger partial charge on any atom is -0.342 e. The fourth-order valence-electron chi connectivity index (χ4n) is 2.53. The first-order valence-electron chi connectivity index (χ1n) is 8.39. The number of nitrogens with zero attached hydrogens (tertiary/aromatic N) is 1. The van der Waals surface area contributed by atoms with Crippen LogP contribution in [-0.2, 0) is 4.79 Å². The molecule has 0 spiro atoms. The maximum Gasteiger partial charge on any atom is 0.225 e. The van der Waals surface area contributed by atoms with Gasteiger partial charge in [0.15, 0.2) is 0 Å². The van der Waals surface area contributed by atoms with E-state index < -0.39 is 0 Å². The van der Waals surface area contributed by atoms with Crippen molar-refractivity contribution in [2.45, 2.75) is 79.6 Å². The lowest BCUT2D eigenvalue weighted by Gasteiger charge is -2.28. The summed E-state index contributed by atoms with van der Waals surface area (Å²) in [4.78, 5) is 14.8. The molecule has 0 aliphatic carbocycles. The molecule has 0 fully saturated rings. The molecule has 19 heavy (non-hydrogen) atoms. The normalized spacial score (nSPS) is 12.7. The Labute approximate surface area is 120 Å². The van der Waals surface area contributed by atoms with Gasteiger partial charge < -0.3 is 4.90 Å². The molecular weight excluding hydrogens is 234 g/mol. The Hall–Kier alpha value is -0.530. The van der Waals surface area contributed by atoms with Gasteiger partial charge in [-0.3, -0.25) is 4.79 Å². The van der Waals surface area contributed by atoms with Crippen molar-refractivity contribution in [3.8, 4) is 0 Å². The number of hydrogen-bond acceptors (Lipinski definition) is 1. The van der Waals surface area contributed by atoms with E-state index >= 15 is 0 Å². The maximum atomic E-state index is 12.6. The zero-order chi connectivity index (χ0) is 14.7. The van der Waals surface area contributed by atoms with Crippen LogP contribution in [0.5, 0.6) is 0 Å². The van der Waals surface area contributed by atoms with E-state index in [1.807, 2.05) is 0 Å². The Morgan fingerprint density at radius 2 is 1.47 bits per heavy atom. The van der Waals surface area contributed by atoms with Crippen molar-refractivity contribution in [1.82, 2.24) is 4.90 Å². The highest BCUT2D eigenvalue weighted by Crippen LogP contribution is 2.18. The molecule has 1 amide bonds. The minimum absolute atomic E-state index is 0.262. The summed E-state index contributed by atoms with van der Waals surface area (Å²) in [5.74, 6) is 1.40. The summed E-state index contributed by atoms with van der Waals surface area (Å²) < 4.78 is 0. The van der Waals surface area contributed by atoms with Gasteiger partial charge >= 0.3 is 0 Å². The topological polar surface area (TPSA) is 20.3 Å². The lowest BCUT2D eigenvalue weighted by Crippen LogP contribution is -2.38. The molecule has 1 unspecified atom stereocenters. The van der Waals surface area contributed by atoms with E-state index in [0.717, 1.165) is 57.5 Å². The van der Waals surface area contributed by atoms with Crippen LogP contribution >= 0.6 is 0 Å². The van der Waals surface area contributed by atoms with Crippen molar-refractivity contribution >= 4 is 5.91 Å². The van der Waals surface area contributed by atoms with E-state index in [9.17, 15) is 4.79 Å². The second-order valence-corrected chi connectivity index (χ2v) is 5.90. The third-order valence-electron chi connectivity index (χ3n) is 4.02. The Kier molecular flexibility index (Phi) is 11.0. The third kappa shape index (κ3) is 7.59. The number of amides is 1. The van der Waals surface area contributed by atoms with Gasteiger partial charge in [0, 0.05) is 19.0 Å². The highest BCUT2D eigenvalue weighted by molar-refractivity contribution is 5.78. The van der Waals surface area contributed by atoms with Crippen LogP contribution in [0.1, 0.15) is 79.6 Å². The highest BCUT2D eigenvalue weighted by Gasteiger charge is 2.22. The van der Waals surface area contributed by atoms with Crippen LogP contribution < -0.4 is 0 Å². The lowest BCUT2D eigenvalue weighted by molar-refractivity contribution is -0.136. The Balaban J connectivity index is 4.50. The summed E-state index contributed by atoms with van der Waals surface area (Å²) in [6.45, 7) is 12.9. The Bertz CT molecular complexity index is 221. The van der Waals surface area contributed by atoms with Crippen LogP contribution in [0.15, 0.2) is 0 Å². The van der Waals surface area contributed by atoms with E-state index in [4.69, 9.17) is 0 Å². The van der Waals surface area contributed by atoms with Crippen molar-refractivity contribution in [2.75, 3.05) is 13.1 Å². The molecule has 0 heterocycles. The molecule has 0 aliphatic rings. The first kappa shape index (κ1) is 18.5. The van der Waals surface area contributed by atoms with E-state index in [-0.39, 0.29) is 5.92 Å². The molecule has 0 saturated carbocycles. The Morgan fingerprint density at radius 1 is 0.895 bits per heavy atom. The van der Waals surface area contributed by atoms with Gasteiger partial charge in [-0.1, -0.05) is 53.9 Å². The van der Waals surface area contributed by atoms with Crippen molar-refractivity contribution in [3.63, 3.8) is 0 Å². The largest absolute Gasteiger partial charge is 0.342 e. The number of carbonyl (C=O) groups excluding carboxylic acids is 1. The minimum atomic E-state index is 0.262. The van der Waals surface area contributed by atoms with Gasteiger partial charge in [0.05, 0.1) is 0 Å². The number of carbonyl (C=O) groups is 1. The molecule has 0 N–H and O–H groups in total. The molecule has 0 rings (SSSR count). The number of hydrogen-bond donors (Lipinski definition) is 0. The summed E-state index contributed by atoms with van der Waals surface area (Å²) >= 11 is 0. The van der Waals surface area contributed by atoms with Crippen LogP contribution in [0, 0.1) is 11.8 Å². The molecule has 0 aromatic carbocycles. The van der Waals surface area contributed by atoms with E-state index in [0.29, 0.717) is 5.91 Å². The smallest absolute Gasteiger partial charge is 0.225 e. The van der Waals surface area contributed by atoms with Gasteiger partial charge in [-0.25, -0.2) is 0 Å². The molecule has 0 bridgehead atoms. The van der Waals surface area contributed by atoms with Crippen molar-refractivity contribution < 1.29 is 4.79 Å². The predicted molar refractivity (Wildman–Crippen MR) is 84.2 cm³/mol. The van der Waals surface area contributed by atoms with E-state index in [1.54, 1.807) is 0 Å². The first-order valence-corrected chi connectivity index (χ1v) is 8.39. The van der Waals surface area contributed by atoms with Gasteiger partial charge in [-0.2, -0.15) is 0 Å². The fraction of sp³-hybridized carbons (Fsp3) is 0.941. The first-order chi connectivity index (χ1) is 9.10. The second-order valence-electron chi connectivity index (χ2n) is 5.90. The van der Waals surface area contributed by atoms with E-state index in [2.05, 4.69) is 39.5 Å². The molecule has 0 saturated heterocycles. The summed E-state index contributed by atoms with van der Waals surface area (Å²) in [6, 6.07) is 0. The maximum absolute atomic E-state index is 12.6. The number of rotatable bonds is 11. The highest BCUT2D eigenvalue weighted by atomic mass is 16.2. The molecule has 0 aromatic heterocycles.